The van der Waals surface area contributed by atoms with E-state index in [9.17, 15) is 0 Å². The first-order chi connectivity index (χ1) is 15.2. The van der Waals surface area contributed by atoms with Gasteiger partial charge in [0.05, 0.1) is 6.04 Å². The second kappa shape index (κ2) is 9.92. The van der Waals surface area contributed by atoms with E-state index in [-0.39, 0.29) is 6.04 Å². The Kier molecular flexibility index (Phi) is 6.61. The van der Waals surface area contributed by atoms with E-state index in [1.165, 1.54) is 27.8 Å². The van der Waals surface area contributed by atoms with Gasteiger partial charge >= 0.3 is 0 Å². The molecule has 0 spiro atoms. The molecule has 0 aliphatic carbocycles. The van der Waals surface area contributed by atoms with Gasteiger partial charge in [0.1, 0.15) is 0 Å². The second-order valence-corrected chi connectivity index (χ2v) is 7.83. The minimum Gasteiger partial charge on any atom is -0.398 e. The molecule has 1 atom stereocenters. The third kappa shape index (κ3) is 5.50. The Morgan fingerprint density at radius 3 is 2.13 bits per heavy atom. The molecule has 0 bridgehead atoms. The number of nitrogens with two attached hydrogens (primary N) is 1. The highest BCUT2D eigenvalue weighted by Crippen LogP contribution is 2.25. The van der Waals surface area contributed by atoms with Gasteiger partial charge in [-0.25, -0.2) is 0 Å². The molecule has 2 nitrogen and oxygen atoms in total. The Hall–Kier alpha value is -3.62. The molecule has 0 aliphatic heterocycles. The third-order valence-corrected chi connectivity index (χ3v) is 5.42. The quantitative estimate of drug-likeness (QED) is 0.369. The largest absolute Gasteiger partial charge is 0.398 e. The summed E-state index contributed by atoms with van der Waals surface area (Å²) >= 11 is 0. The molecule has 31 heavy (non-hydrogen) atoms. The van der Waals surface area contributed by atoms with Gasteiger partial charge in [-0.2, -0.15) is 0 Å². The summed E-state index contributed by atoms with van der Waals surface area (Å²) in [7, 11) is 0. The minimum absolute atomic E-state index is 0.0176. The highest BCUT2D eigenvalue weighted by atomic mass is 14.9. The van der Waals surface area contributed by atoms with Crippen molar-refractivity contribution in [3.05, 3.63) is 138 Å². The molecule has 0 heterocycles. The van der Waals surface area contributed by atoms with Crippen LogP contribution >= 0.6 is 0 Å². The van der Waals surface area contributed by atoms with Crippen LogP contribution in [0.3, 0.4) is 0 Å². The van der Waals surface area contributed by atoms with Crippen LogP contribution in [-0.2, 0) is 6.54 Å². The van der Waals surface area contributed by atoms with Crippen LogP contribution in [0.4, 0.5) is 0 Å². The SMILES string of the molecule is Cc1cccc(-c2cccc(/C(N)=C/C(NCc3ccccc3)c3ccccc3)c2)c1. The molecule has 4 rings (SSSR count). The summed E-state index contributed by atoms with van der Waals surface area (Å²) in [5.74, 6) is 0. The van der Waals surface area contributed by atoms with Crippen molar-refractivity contribution in [2.45, 2.75) is 19.5 Å². The van der Waals surface area contributed by atoms with Gasteiger partial charge in [-0.05, 0) is 46.9 Å². The molecule has 4 aromatic carbocycles. The van der Waals surface area contributed by atoms with Crippen molar-refractivity contribution in [3.63, 3.8) is 0 Å². The fraction of sp³-hybridized carbons (Fsp3) is 0.103. The lowest BCUT2D eigenvalue weighted by Crippen LogP contribution is -2.20. The number of nitrogens with one attached hydrogen (secondary N) is 1. The lowest BCUT2D eigenvalue weighted by atomic mass is 9.98. The fourth-order valence-corrected chi connectivity index (χ4v) is 3.74. The van der Waals surface area contributed by atoms with Crippen LogP contribution in [0.25, 0.3) is 16.8 Å². The van der Waals surface area contributed by atoms with E-state index in [2.05, 4.69) is 115 Å². The van der Waals surface area contributed by atoms with Gasteiger partial charge < -0.3 is 11.1 Å². The highest BCUT2D eigenvalue weighted by Gasteiger charge is 2.10. The second-order valence-electron chi connectivity index (χ2n) is 7.83. The van der Waals surface area contributed by atoms with Crippen molar-refractivity contribution >= 4 is 5.70 Å². The predicted octanol–water partition coefficient (Wildman–Crippen LogP) is 6.49. The van der Waals surface area contributed by atoms with Gasteiger partial charge in [0.2, 0.25) is 0 Å². The molecule has 0 amide bonds. The molecule has 0 fully saturated rings. The van der Waals surface area contributed by atoms with Crippen molar-refractivity contribution in [2.75, 3.05) is 0 Å². The lowest BCUT2D eigenvalue weighted by Gasteiger charge is -2.17. The normalized spacial score (nSPS) is 12.5. The molecule has 0 radical (unpaired) electrons. The number of rotatable bonds is 7. The van der Waals surface area contributed by atoms with Crippen LogP contribution in [0.15, 0.2) is 115 Å². The first kappa shape index (κ1) is 20.6. The van der Waals surface area contributed by atoms with Crippen LogP contribution in [0.2, 0.25) is 0 Å². The molecule has 1 unspecified atom stereocenters. The van der Waals surface area contributed by atoms with Gasteiger partial charge in [0.25, 0.3) is 0 Å². The Morgan fingerprint density at radius 1 is 0.774 bits per heavy atom. The average molecular weight is 405 g/mol. The zero-order valence-corrected chi connectivity index (χ0v) is 17.8. The summed E-state index contributed by atoms with van der Waals surface area (Å²) in [5.41, 5.74) is 14.5. The maximum absolute atomic E-state index is 6.60. The van der Waals surface area contributed by atoms with Crippen molar-refractivity contribution in [3.8, 4) is 11.1 Å². The van der Waals surface area contributed by atoms with E-state index in [1.807, 2.05) is 12.1 Å². The Labute approximate surface area is 185 Å². The number of benzene rings is 4. The van der Waals surface area contributed by atoms with Crippen LogP contribution in [-0.4, -0.2) is 0 Å². The maximum Gasteiger partial charge on any atom is 0.0531 e. The lowest BCUT2D eigenvalue weighted by molar-refractivity contribution is 0.621. The summed E-state index contributed by atoms with van der Waals surface area (Å²) in [6.07, 6.45) is 2.12. The molecule has 154 valence electrons. The van der Waals surface area contributed by atoms with Crippen LogP contribution < -0.4 is 11.1 Å². The van der Waals surface area contributed by atoms with Crippen LogP contribution in [0.5, 0.6) is 0 Å². The van der Waals surface area contributed by atoms with E-state index < -0.39 is 0 Å². The monoisotopic (exact) mass is 404 g/mol. The summed E-state index contributed by atoms with van der Waals surface area (Å²) in [5, 5.41) is 3.65. The van der Waals surface area contributed by atoms with Crippen LogP contribution in [0.1, 0.15) is 28.3 Å². The van der Waals surface area contributed by atoms with Gasteiger partial charge in [0.15, 0.2) is 0 Å². The summed E-state index contributed by atoms with van der Waals surface area (Å²) in [4.78, 5) is 0. The molecule has 0 saturated carbocycles. The Bertz CT molecular complexity index is 1150. The molecule has 0 aliphatic rings. The van der Waals surface area contributed by atoms with E-state index in [1.54, 1.807) is 0 Å². The fourth-order valence-electron chi connectivity index (χ4n) is 3.74. The molecular weight excluding hydrogens is 376 g/mol. The minimum atomic E-state index is 0.0176. The summed E-state index contributed by atoms with van der Waals surface area (Å²) in [6.45, 7) is 2.89. The molecule has 0 saturated heterocycles. The number of hydrogen-bond acceptors (Lipinski definition) is 2. The molecular formula is C29H28N2. The van der Waals surface area contributed by atoms with Crippen LogP contribution in [0, 0.1) is 6.92 Å². The number of hydrogen-bond donors (Lipinski definition) is 2. The summed E-state index contributed by atoms with van der Waals surface area (Å²) in [6, 6.07) is 37.9. The Balaban J connectivity index is 1.61. The standard InChI is InChI=1S/C29H28N2/c1-22-10-8-15-25(18-22)26-16-9-17-27(19-26)28(30)20-29(24-13-6-3-7-14-24)31-21-23-11-4-2-5-12-23/h2-20,29,31H,21,30H2,1H3/b28-20-. The highest BCUT2D eigenvalue weighted by molar-refractivity contribution is 5.72. The third-order valence-electron chi connectivity index (χ3n) is 5.42. The van der Waals surface area contributed by atoms with Gasteiger partial charge in [-0.15, -0.1) is 0 Å². The summed E-state index contributed by atoms with van der Waals surface area (Å²) < 4.78 is 0. The predicted molar refractivity (Wildman–Crippen MR) is 131 cm³/mol. The van der Waals surface area contributed by atoms with E-state index in [0.717, 1.165) is 17.8 Å². The zero-order valence-electron chi connectivity index (χ0n) is 17.8. The molecule has 2 heteroatoms. The van der Waals surface area contributed by atoms with Crippen molar-refractivity contribution < 1.29 is 0 Å². The first-order valence-electron chi connectivity index (χ1n) is 10.7. The van der Waals surface area contributed by atoms with Gasteiger partial charge in [-0.3, -0.25) is 0 Å². The number of aryl methyl sites for hydroxylation is 1. The van der Waals surface area contributed by atoms with Crippen molar-refractivity contribution in [1.82, 2.24) is 5.32 Å². The van der Waals surface area contributed by atoms with Crippen molar-refractivity contribution in [1.29, 1.82) is 0 Å². The smallest absolute Gasteiger partial charge is 0.0531 e. The van der Waals surface area contributed by atoms with Gasteiger partial charge in [0, 0.05) is 12.2 Å². The zero-order chi connectivity index (χ0) is 21.5. The average Bonchev–Trinajstić information content (AvgIpc) is 2.83. The molecule has 0 aromatic heterocycles. The van der Waals surface area contributed by atoms with E-state index in [4.69, 9.17) is 5.73 Å². The maximum atomic E-state index is 6.60. The van der Waals surface area contributed by atoms with Gasteiger partial charge in [-0.1, -0.05) is 109 Å². The first-order valence-corrected chi connectivity index (χ1v) is 10.7. The molecule has 3 N–H and O–H groups in total. The topological polar surface area (TPSA) is 38.0 Å². The van der Waals surface area contributed by atoms with E-state index >= 15 is 0 Å². The Morgan fingerprint density at radius 2 is 1.42 bits per heavy atom. The molecule has 4 aromatic rings. The van der Waals surface area contributed by atoms with Crippen molar-refractivity contribution in [2.24, 2.45) is 5.73 Å². The van der Waals surface area contributed by atoms with E-state index in [0.29, 0.717) is 0 Å².